The third-order valence-corrected chi connectivity index (χ3v) is 8.02. The zero-order valence-electron chi connectivity index (χ0n) is 23.0. The summed E-state index contributed by atoms with van der Waals surface area (Å²) < 4.78 is 35.9. The van der Waals surface area contributed by atoms with Gasteiger partial charge in [-0.15, -0.1) is 0 Å². The van der Waals surface area contributed by atoms with Crippen molar-refractivity contribution in [3.8, 4) is 5.75 Å². The lowest BCUT2D eigenvalue weighted by Gasteiger charge is -2.31. The summed E-state index contributed by atoms with van der Waals surface area (Å²) >= 11 is 5.48. The third-order valence-electron chi connectivity index (χ3n) is 5.93. The van der Waals surface area contributed by atoms with Gasteiger partial charge < -0.3 is 9.64 Å². The molecule has 0 bridgehead atoms. The van der Waals surface area contributed by atoms with Crippen LogP contribution in [0.2, 0.25) is 0 Å². The Morgan fingerprint density at radius 1 is 1.11 bits per heavy atom. The van der Waals surface area contributed by atoms with Crippen LogP contribution in [-0.2, 0) is 23.5 Å². The number of piperazine rings is 1. The number of ether oxygens (including phenoxy) is 1. The average Bonchev–Trinajstić information content (AvgIpc) is 3.15. The third kappa shape index (κ3) is 6.79. The van der Waals surface area contributed by atoms with E-state index in [1.54, 1.807) is 27.2 Å². The number of hydrogen-bond acceptors (Lipinski definition) is 7. The van der Waals surface area contributed by atoms with Crippen LogP contribution in [-0.4, -0.2) is 77.8 Å². The van der Waals surface area contributed by atoms with Gasteiger partial charge in [0.2, 0.25) is 10.0 Å². The molecule has 2 aromatic rings. The monoisotopic (exact) mass is 535 g/mol. The van der Waals surface area contributed by atoms with Crippen LogP contribution in [0.25, 0.3) is 0 Å². The molecular formula is C26H41N5O3S2. The molecule has 0 spiro atoms. The Balaban J connectivity index is 0.00000222. The van der Waals surface area contributed by atoms with Gasteiger partial charge in [0.15, 0.2) is 0 Å². The number of aliphatic imine (C=N–C) groups is 1. The van der Waals surface area contributed by atoms with Gasteiger partial charge in [0.05, 0.1) is 17.2 Å². The van der Waals surface area contributed by atoms with Gasteiger partial charge in [0.1, 0.15) is 17.1 Å². The maximum Gasteiger partial charge on any atom is 0.243 e. The lowest BCUT2D eigenvalue weighted by atomic mass is 10.1. The molecular weight excluding hydrogens is 494 g/mol. The van der Waals surface area contributed by atoms with E-state index in [2.05, 4.69) is 16.9 Å². The molecule has 2 heterocycles. The molecule has 1 aliphatic rings. The molecule has 0 radical (unpaired) electrons. The number of sulfonamides is 1. The van der Waals surface area contributed by atoms with E-state index in [9.17, 15) is 8.42 Å². The van der Waals surface area contributed by atoms with Crippen LogP contribution in [0, 0.1) is 0 Å². The Hall–Kier alpha value is -2.14. The Kier molecular flexibility index (Phi) is 11.2. The van der Waals surface area contributed by atoms with Crippen molar-refractivity contribution in [1.29, 1.82) is 0 Å². The predicted molar refractivity (Wildman–Crippen MR) is 152 cm³/mol. The van der Waals surface area contributed by atoms with Crippen molar-refractivity contribution in [3.05, 3.63) is 35.2 Å². The number of aromatic nitrogens is 2. The molecule has 36 heavy (non-hydrogen) atoms. The summed E-state index contributed by atoms with van der Waals surface area (Å²) in [6.07, 6.45) is 1.70. The van der Waals surface area contributed by atoms with Crippen LogP contribution in [0.1, 0.15) is 64.9 Å². The van der Waals surface area contributed by atoms with Crippen LogP contribution in [0.5, 0.6) is 5.75 Å². The van der Waals surface area contributed by atoms with Crippen molar-refractivity contribution >= 4 is 38.5 Å². The van der Waals surface area contributed by atoms with E-state index in [4.69, 9.17) is 21.9 Å². The van der Waals surface area contributed by atoms with Crippen molar-refractivity contribution in [2.75, 3.05) is 39.8 Å². The standard InChI is InChI=1S/C24H35N5O3S2.C2H6/c1-7-9-21-23(24(18(4)33)28(6)26-21)25-17(3)20-16-19(10-11-22(20)32-8-2)34(30,31)29-14-12-27(5)13-15-29;1-2/h10-11,16H,7-9,12-15H2,1-6H3;1-2H3. The Morgan fingerprint density at radius 2 is 1.75 bits per heavy atom. The fourth-order valence-corrected chi connectivity index (χ4v) is 5.80. The maximum absolute atomic E-state index is 13.4. The molecule has 3 rings (SSSR count). The molecule has 1 aromatic heterocycles. The van der Waals surface area contributed by atoms with Crippen molar-refractivity contribution in [2.45, 2.75) is 59.3 Å². The molecule has 8 nitrogen and oxygen atoms in total. The predicted octanol–water partition coefficient (Wildman–Crippen LogP) is 4.61. The first kappa shape index (κ1) is 30.1. The van der Waals surface area contributed by atoms with Crippen LogP contribution in [0.3, 0.4) is 0 Å². The van der Waals surface area contributed by atoms with Crippen LogP contribution >= 0.6 is 12.2 Å². The Morgan fingerprint density at radius 3 is 2.31 bits per heavy atom. The quantitative estimate of drug-likeness (QED) is 0.265. The molecule has 0 atom stereocenters. The molecule has 1 fully saturated rings. The second-order valence-electron chi connectivity index (χ2n) is 8.57. The number of rotatable bonds is 9. The molecule has 0 saturated carbocycles. The Labute approximate surface area is 222 Å². The molecule has 200 valence electrons. The molecule has 0 amide bonds. The molecule has 1 aliphatic heterocycles. The zero-order valence-corrected chi connectivity index (χ0v) is 24.6. The number of nitrogens with zero attached hydrogens (tertiary/aromatic N) is 5. The van der Waals surface area contributed by atoms with E-state index >= 15 is 0 Å². The van der Waals surface area contributed by atoms with E-state index in [1.165, 1.54) is 0 Å². The van der Waals surface area contributed by atoms with E-state index in [0.717, 1.165) is 29.9 Å². The van der Waals surface area contributed by atoms with Crippen molar-refractivity contribution in [3.63, 3.8) is 0 Å². The topological polar surface area (TPSA) is 80.0 Å². The van der Waals surface area contributed by atoms with Crippen LogP contribution in [0.15, 0.2) is 28.1 Å². The number of hydrogen-bond donors (Lipinski definition) is 0. The summed E-state index contributed by atoms with van der Waals surface area (Å²) in [4.78, 5) is 8.01. The van der Waals surface area contributed by atoms with Crippen molar-refractivity contribution < 1.29 is 13.2 Å². The van der Waals surface area contributed by atoms with Crippen molar-refractivity contribution in [2.24, 2.45) is 12.0 Å². The van der Waals surface area contributed by atoms with Gasteiger partial charge in [-0.05, 0) is 52.4 Å². The number of benzene rings is 1. The van der Waals surface area contributed by atoms with Crippen LogP contribution < -0.4 is 4.74 Å². The molecule has 0 N–H and O–H groups in total. The van der Waals surface area contributed by atoms with Gasteiger partial charge in [-0.2, -0.15) is 9.40 Å². The molecule has 10 heteroatoms. The highest BCUT2D eigenvalue weighted by molar-refractivity contribution is 7.89. The van der Waals surface area contributed by atoms with E-state index in [0.29, 0.717) is 54.7 Å². The molecule has 1 saturated heterocycles. The molecule has 0 unspecified atom stereocenters. The zero-order chi connectivity index (χ0) is 27.0. The number of thiocarbonyl (C=S) groups is 1. The molecule has 1 aromatic carbocycles. The van der Waals surface area contributed by atoms with E-state index < -0.39 is 10.0 Å². The fraction of sp³-hybridized carbons (Fsp3) is 0.577. The van der Waals surface area contributed by atoms with Gasteiger partial charge >= 0.3 is 0 Å². The minimum Gasteiger partial charge on any atom is -0.493 e. The SMILES string of the molecule is CC.CCCc1nn(C)c(C(C)=S)c1N=C(C)c1cc(S(=O)(=O)N2CCN(C)CC2)ccc1OCC. The van der Waals surface area contributed by atoms with E-state index in [1.807, 2.05) is 48.7 Å². The second-order valence-corrected chi connectivity index (χ2v) is 11.1. The summed E-state index contributed by atoms with van der Waals surface area (Å²) in [5.74, 6) is 0.600. The van der Waals surface area contributed by atoms with Gasteiger partial charge in [0, 0.05) is 49.4 Å². The minimum atomic E-state index is -3.62. The van der Waals surface area contributed by atoms with Crippen LogP contribution in [0.4, 0.5) is 5.69 Å². The maximum atomic E-state index is 13.4. The van der Waals surface area contributed by atoms with E-state index in [-0.39, 0.29) is 4.90 Å². The largest absolute Gasteiger partial charge is 0.493 e. The normalized spacial score (nSPS) is 15.4. The minimum absolute atomic E-state index is 0.247. The number of likely N-dealkylation sites (N-methyl/N-ethyl adjacent to an activating group) is 1. The van der Waals surface area contributed by atoms with Gasteiger partial charge in [-0.3, -0.25) is 4.68 Å². The first-order valence-corrected chi connectivity index (χ1v) is 14.5. The fourth-order valence-electron chi connectivity index (χ4n) is 4.12. The highest BCUT2D eigenvalue weighted by Crippen LogP contribution is 2.30. The average molecular weight is 536 g/mol. The second kappa shape index (κ2) is 13.4. The first-order chi connectivity index (χ1) is 17.1. The summed E-state index contributed by atoms with van der Waals surface area (Å²) in [5, 5.41) is 4.64. The first-order valence-electron chi connectivity index (χ1n) is 12.7. The Bertz CT molecular complexity index is 1180. The number of aryl methyl sites for hydroxylation is 2. The summed E-state index contributed by atoms with van der Waals surface area (Å²) in [5.41, 5.74) is 3.72. The smallest absolute Gasteiger partial charge is 0.243 e. The lowest BCUT2D eigenvalue weighted by molar-refractivity contribution is 0.222. The highest BCUT2D eigenvalue weighted by Gasteiger charge is 2.28. The summed E-state index contributed by atoms with van der Waals surface area (Å²) in [7, 11) is 0.247. The van der Waals surface area contributed by atoms with Gasteiger partial charge in [0.25, 0.3) is 0 Å². The summed E-state index contributed by atoms with van der Waals surface area (Å²) in [6, 6.07) is 5.02. The highest BCUT2D eigenvalue weighted by atomic mass is 32.2. The molecule has 0 aliphatic carbocycles. The van der Waals surface area contributed by atoms with Gasteiger partial charge in [-0.25, -0.2) is 13.4 Å². The van der Waals surface area contributed by atoms with Crippen molar-refractivity contribution in [1.82, 2.24) is 19.0 Å². The lowest BCUT2D eigenvalue weighted by Crippen LogP contribution is -2.47. The van der Waals surface area contributed by atoms with Gasteiger partial charge in [-0.1, -0.05) is 39.4 Å². The summed E-state index contributed by atoms with van der Waals surface area (Å²) in [6.45, 7) is 14.6.